The molecule has 0 saturated heterocycles. The zero-order chi connectivity index (χ0) is 46.2. The van der Waals surface area contributed by atoms with E-state index in [9.17, 15) is 30.1 Å². The molecule has 1 fully saturated rings. The molecule has 11 nitrogen and oxygen atoms in total. The zero-order valence-electron chi connectivity index (χ0n) is 40.3. The van der Waals surface area contributed by atoms with Crippen LogP contribution in [-0.2, 0) is 18.2 Å². The Bertz CT molecular complexity index is 1050. The molecule has 0 aromatic rings. The maximum absolute atomic E-state index is 11.0. The van der Waals surface area contributed by atoms with E-state index in [-0.39, 0.29) is 17.5 Å². The average molecular weight is 939 g/mol. The molecule has 1 rings (SSSR count). The van der Waals surface area contributed by atoms with Gasteiger partial charge in [0.15, 0.2) is 0 Å². The van der Waals surface area contributed by atoms with Crippen LogP contribution in [-0.4, -0.2) is 109 Å². The molecular weight excluding hydrogens is 840 g/mol. The molecule has 7 N–H and O–H groups in total. The second kappa shape index (κ2) is 42.1. The van der Waals surface area contributed by atoms with Crippen molar-refractivity contribution in [3.8, 4) is 0 Å². The van der Waals surface area contributed by atoms with Gasteiger partial charge in [0, 0.05) is 24.6 Å². The lowest BCUT2D eigenvalue weighted by atomic mass is 9.85. The van der Waals surface area contributed by atoms with Gasteiger partial charge < -0.3 is 49.0 Å². The predicted octanol–water partition coefficient (Wildman–Crippen LogP) is 11.6. The summed E-state index contributed by atoms with van der Waals surface area (Å²) in [6, 6.07) is 0. The molecule has 0 radical (unpaired) electrons. The van der Waals surface area contributed by atoms with Crippen molar-refractivity contribution < 1.29 is 53.5 Å². The van der Waals surface area contributed by atoms with E-state index in [4.69, 9.17) is 23.4 Å². The molecule has 0 aromatic heterocycles. The monoisotopic (exact) mass is 939 g/mol. The molecule has 8 atom stereocenters. The minimum Gasteiger partial charge on any atom is -0.387 e. The SMILES string of the molecule is CCCCCCCCCCCCOCC(CC(CCCCCC/C=C\CCCCCCCCP(=O)(O)O)SOC1[C@@H](O)[C@H](O)C(O)[C@H](O)[C@@H]1O)OCCCCCCCCCCCC. The number of hydrogen-bond acceptors (Lipinski definition) is 10. The quantitative estimate of drug-likeness (QED) is 0.0133. The van der Waals surface area contributed by atoms with Gasteiger partial charge >= 0.3 is 7.60 Å². The summed E-state index contributed by atoms with van der Waals surface area (Å²) in [7, 11) is -3.86. The van der Waals surface area contributed by atoms with Crippen molar-refractivity contribution in [1.82, 2.24) is 0 Å². The van der Waals surface area contributed by atoms with Gasteiger partial charge in [-0.15, -0.1) is 0 Å². The fourth-order valence-corrected chi connectivity index (χ4v) is 10.1. The molecule has 0 heterocycles. The van der Waals surface area contributed by atoms with E-state index in [1.807, 2.05) is 0 Å². The van der Waals surface area contributed by atoms with Gasteiger partial charge in [-0.3, -0.25) is 4.57 Å². The van der Waals surface area contributed by atoms with Gasteiger partial charge in [-0.25, -0.2) is 0 Å². The molecule has 4 unspecified atom stereocenters. The van der Waals surface area contributed by atoms with Crippen LogP contribution in [0.25, 0.3) is 0 Å². The van der Waals surface area contributed by atoms with Gasteiger partial charge in [0.2, 0.25) is 0 Å². The minimum atomic E-state index is -3.86. The summed E-state index contributed by atoms with van der Waals surface area (Å²) in [6.07, 6.45) is 34.3. The molecule has 0 spiro atoms. The summed E-state index contributed by atoms with van der Waals surface area (Å²) in [5.74, 6) is 0. The van der Waals surface area contributed by atoms with Gasteiger partial charge in [0.25, 0.3) is 0 Å². The van der Waals surface area contributed by atoms with E-state index in [1.165, 1.54) is 121 Å². The first-order chi connectivity index (χ1) is 30.5. The second-order valence-electron chi connectivity index (χ2n) is 18.7. The Morgan fingerprint density at radius 2 is 0.905 bits per heavy atom. The lowest BCUT2D eigenvalue weighted by Crippen LogP contribution is -2.63. The lowest BCUT2D eigenvalue weighted by Gasteiger charge is -2.41. The molecular formula is C50H99O11PS. The predicted molar refractivity (Wildman–Crippen MR) is 261 cm³/mol. The molecule has 1 aliphatic rings. The topological polar surface area (TPSA) is 186 Å². The van der Waals surface area contributed by atoms with Crippen LogP contribution in [0.1, 0.15) is 232 Å². The normalized spacial score (nSPS) is 21.7. The van der Waals surface area contributed by atoms with Crippen LogP contribution in [0.15, 0.2) is 12.2 Å². The Morgan fingerprint density at radius 3 is 1.38 bits per heavy atom. The van der Waals surface area contributed by atoms with Crippen molar-refractivity contribution in [1.29, 1.82) is 0 Å². The van der Waals surface area contributed by atoms with E-state index in [0.717, 1.165) is 96.3 Å². The Labute approximate surface area is 390 Å². The molecule has 1 saturated carbocycles. The number of aliphatic hydroxyl groups is 5. The highest BCUT2D eigenvalue weighted by Crippen LogP contribution is 2.36. The van der Waals surface area contributed by atoms with Gasteiger partial charge in [-0.2, -0.15) is 0 Å². The van der Waals surface area contributed by atoms with Gasteiger partial charge in [0.05, 0.1) is 12.7 Å². The third-order valence-electron chi connectivity index (χ3n) is 12.6. The molecule has 13 heteroatoms. The molecule has 376 valence electrons. The fraction of sp³-hybridized carbons (Fsp3) is 0.960. The number of ether oxygens (including phenoxy) is 2. The van der Waals surface area contributed by atoms with Crippen LogP contribution in [0.5, 0.6) is 0 Å². The molecule has 0 aliphatic heterocycles. The van der Waals surface area contributed by atoms with E-state index in [0.29, 0.717) is 32.7 Å². The maximum Gasteiger partial charge on any atom is 0.325 e. The summed E-state index contributed by atoms with van der Waals surface area (Å²) < 4.78 is 29.8. The number of unbranched alkanes of at least 4 members (excludes halogenated alkanes) is 28. The minimum absolute atomic E-state index is 0.00593. The first kappa shape index (κ1) is 60.9. The summed E-state index contributed by atoms with van der Waals surface area (Å²) in [6.45, 7) is 6.39. The number of allylic oxidation sites excluding steroid dienone is 2. The van der Waals surface area contributed by atoms with Gasteiger partial charge in [0.1, 0.15) is 36.6 Å². The van der Waals surface area contributed by atoms with Gasteiger partial charge in [-0.1, -0.05) is 187 Å². The fourth-order valence-electron chi connectivity index (χ4n) is 8.39. The Morgan fingerprint density at radius 1 is 0.508 bits per heavy atom. The largest absolute Gasteiger partial charge is 0.387 e. The summed E-state index contributed by atoms with van der Waals surface area (Å²) in [5, 5.41) is 52.1. The van der Waals surface area contributed by atoms with Crippen LogP contribution in [0.2, 0.25) is 0 Å². The Kier molecular flexibility index (Phi) is 40.7. The smallest absolute Gasteiger partial charge is 0.325 e. The van der Waals surface area contributed by atoms with Crippen molar-refractivity contribution in [2.45, 2.75) is 280 Å². The van der Waals surface area contributed by atoms with Gasteiger partial charge in [-0.05, 0) is 69.8 Å². The van der Waals surface area contributed by atoms with E-state index in [1.54, 1.807) is 0 Å². The zero-order valence-corrected chi connectivity index (χ0v) is 42.0. The molecule has 0 aromatic carbocycles. The van der Waals surface area contributed by atoms with Crippen molar-refractivity contribution in [3.05, 3.63) is 12.2 Å². The Hall–Kier alpha value is -0.0800. The second-order valence-corrected chi connectivity index (χ2v) is 21.5. The highest BCUT2D eigenvalue weighted by atomic mass is 32.2. The molecule has 1 aliphatic carbocycles. The van der Waals surface area contributed by atoms with E-state index >= 15 is 0 Å². The molecule has 0 bridgehead atoms. The lowest BCUT2D eigenvalue weighted by molar-refractivity contribution is -0.214. The van der Waals surface area contributed by atoms with Crippen LogP contribution in [0.3, 0.4) is 0 Å². The van der Waals surface area contributed by atoms with E-state index < -0.39 is 44.2 Å². The number of aliphatic hydroxyl groups excluding tert-OH is 5. The molecule has 0 amide bonds. The highest BCUT2D eigenvalue weighted by Gasteiger charge is 2.49. The van der Waals surface area contributed by atoms with Crippen LogP contribution in [0, 0.1) is 0 Å². The first-order valence-electron chi connectivity index (χ1n) is 26.1. The number of hydrogen-bond donors (Lipinski definition) is 7. The third kappa shape index (κ3) is 34.8. The van der Waals surface area contributed by atoms with Crippen LogP contribution < -0.4 is 0 Å². The Balaban J connectivity index is 2.66. The summed E-state index contributed by atoms with van der Waals surface area (Å²) in [5.41, 5.74) is 0. The van der Waals surface area contributed by atoms with Crippen molar-refractivity contribution >= 4 is 19.6 Å². The van der Waals surface area contributed by atoms with Crippen molar-refractivity contribution in [2.24, 2.45) is 0 Å². The summed E-state index contributed by atoms with van der Waals surface area (Å²) in [4.78, 5) is 17.9. The number of rotatable bonds is 46. The maximum atomic E-state index is 11.0. The molecule has 63 heavy (non-hydrogen) atoms. The van der Waals surface area contributed by atoms with Crippen LogP contribution >= 0.6 is 19.6 Å². The highest BCUT2D eigenvalue weighted by molar-refractivity contribution is 7.95. The third-order valence-corrected chi connectivity index (χ3v) is 14.5. The summed E-state index contributed by atoms with van der Waals surface area (Å²) >= 11 is 1.18. The standard InChI is InChI=1S/C50H99O11PS/c1-3-5-7-9-11-13-22-26-30-34-38-59-42-43(60-39-35-31-27-23-14-12-10-8-6-4-2)41-44(63-61-50-48(54)46(52)45(51)47(53)49(50)55)37-33-29-25-21-19-17-15-16-18-20-24-28-32-36-40-62(56,57)58/h15,17,43-55H,3-14,16,18-42H2,1-2H3,(H2,56,57,58)/b17-15-/t43?,44?,45?,46-,47+,48-,49-,50?/m0/s1. The van der Waals surface area contributed by atoms with E-state index in [2.05, 4.69) is 26.0 Å². The van der Waals surface area contributed by atoms with Crippen LogP contribution in [0.4, 0.5) is 0 Å². The van der Waals surface area contributed by atoms with Crippen molar-refractivity contribution in [2.75, 3.05) is 26.0 Å². The first-order valence-corrected chi connectivity index (χ1v) is 28.7. The van der Waals surface area contributed by atoms with Crippen molar-refractivity contribution in [3.63, 3.8) is 0 Å². The average Bonchev–Trinajstić information content (AvgIpc) is 3.26.